The molecule has 1 heterocycles. The van der Waals surface area contributed by atoms with E-state index in [1.54, 1.807) is 54.5 Å². The highest BCUT2D eigenvalue weighted by Crippen LogP contribution is 2.20. The number of aromatic nitrogens is 3. The molecule has 1 aromatic heterocycles. The van der Waals surface area contributed by atoms with E-state index in [2.05, 4.69) is 52.4 Å². The van der Waals surface area contributed by atoms with Crippen LogP contribution >= 0.6 is 0 Å². The molecule has 27 nitrogen and oxygen atoms in total. The van der Waals surface area contributed by atoms with Gasteiger partial charge in [0.1, 0.15) is 12.3 Å². The van der Waals surface area contributed by atoms with Gasteiger partial charge in [-0.1, -0.05) is 52.0 Å². The summed E-state index contributed by atoms with van der Waals surface area (Å²) in [7, 11) is 0. The molecule has 0 saturated heterocycles. The summed E-state index contributed by atoms with van der Waals surface area (Å²) in [6.45, 7) is 21.1. The van der Waals surface area contributed by atoms with Crippen molar-refractivity contribution in [3.8, 4) is 0 Å². The molecule has 2 rings (SSSR count). The zero-order valence-electron chi connectivity index (χ0n) is 47.8. The molecule has 0 bridgehead atoms. The number of primary amides is 1. The van der Waals surface area contributed by atoms with Crippen LogP contribution < -0.4 is 32.5 Å². The van der Waals surface area contributed by atoms with E-state index in [0.717, 1.165) is 13.0 Å². The summed E-state index contributed by atoms with van der Waals surface area (Å²) in [5, 5.41) is 27.5. The van der Waals surface area contributed by atoms with Crippen LogP contribution in [0.5, 0.6) is 0 Å². The fraction of sp³-hybridized carbons (Fsp3) is 0.755. The molecule has 5 amide bonds. The number of benzene rings is 1. The lowest BCUT2D eigenvalue weighted by Crippen LogP contribution is -2.48. The third kappa shape index (κ3) is 40.2. The van der Waals surface area contributed by atoms with Gasteiger partial charge in [-0.15, -0.1) is 5.10 Å². The molecular formula is C53H93N9O18. The summed E-state index contributed by atoms with van der Waals surface area (Å²) < 4.78 is 67.8. The molecule has 0 spiro atoms. The number of nitrogens with two attached hydrogens (primary N) is 1. The first-order valence-electron chi connectivity index (χ1n) is 27.4. The SMILES string of the molecule is CC(C)[C@H](NC(=O)CNO)C(=O)C[C@@H](CCCNC(N)=O)C(=O)Nc1ccc(COC(=O)NCc2cn(CCOCCOCCOCCOCCOCCOCCOCCOCCOCCOCCOCCC(C)(C)C)nn2)cc1. The van der Waals surface area contributed by atoms with Crippen LogP contribution in [-0.4, -0.2) is 214 Å². The van der Waals surface area contributed by atoms with Gasteiger partial charge in [0.05, 0.1) is 171 Å². The van der Waals surface area contributed by atoms with E-state index in [1.807, 2.05) is 0 Å². The van der Waals surface area contributed by atoms with Crippen LogP contribution in [0.4, 0.5) is 15.3 Å². The largest absolute Gasteiger partial charge is 0.445 e. The predicted molar refractivity (Wildman–Crippen MR) is 292 cm³/mol. The first-order chi connectivity index (χ1) is 38.7. The molecular weight excluding hydrogens is 1050 g/mol. The van der Waals surface area contributed by atoms with Crippen LogP contribution in [0.25, 0.3) is 0 Å². The van der Waals surface area contributed by atoms with Crippen molar-refractivity contribution in [2.75, 3.05) is 164 Å². The van der Waals surface area contributed by atoms with Crippen molar-refractivity contribution < 1.29 is 86.0 Å². The number of hydrogen-bond donors (Lipinski definition) is 7. The molecule has 1 aromatic carbocycles. The number of hydroxylamine groups is 1. The van der Waals surface area contributed by atoms with Gasteiger partial charge in [0.25, 0.3) is 0 Å². The second-order valence-electron chi connectivity index (χ2n) is 19.6. The van der Waals surface area contributed by atoms with E-state index in [0.29, 0.717) is 169 Å². The van der Waals surface area contributed by atoms with Gasteiger partial charge in [0.2, 0.25) is 11.8 Å². The fourth-order valence-electron chi connectivity index (χ4n) is 6.83. The first kappa shape index (κ1) is 71.1. The first-order valence-corrected chi connectivity index (χ1v) is 27.4. The number of ether oxygens (including phenoxy) is 12. The van der Waals surface area contributed by atoms with Crippen molar-refractivity contribution in [1.29, 1.82) is 0 Å². The Labute approximate surface area is 471 Å². The van der Waals surface area contributed by atoms with Gasteiger partial charge in [-0.3, -0.25) is 14.4 Å². The third-order valence-corrected chi connectivity index (χ3v) is 11.2. The highest BCUT2D eigenvalue weighted by Gasteiger charge is 2.29. The van der Waals surface area contributed by atoms with Crippen LogP contribution in [-0.2, 0) is 90.9 Å². The highest BCUT2D eigenvalue weighted by atomic mass is 16.6. The Balaban J connectivity index is 1.41. The lowest BCUT2D eigenvalue weighted by molar-refractivity contribution is -0.131. The van der Waals surface area contributed by atoms with E-state index in [-0.39, 0.29) is 49.7 Å². The third-order valence-electron chi connectivity index (χ3n) is 11.2. The van der Waals surface area contributed by atoms with E-state index in [4.69, 9.17) is 67.8 Å². The van der Waals surface area contributed by atoms with Crippen molar-refractivity contribution in [3.63, 3.8) is 0 Å². The number of hydrogen-bond acceptors (Lipinski definition) is 21. The molecule has 458 valence electrons. The number of amides is 5. The van der Waals surface area contributed by atoms with Gasteiger partial charge < -0.3 is 89.1 Å². The zero-order chi connectivity index (χ0) is 58.3. The van der Waals surface area contributed by atoms with Crippen LogP contribution in [0.1, 0.15) is 71.6 Å². The van der Waals surface area contributed by atoms with E-state index in [9.17, 15) is 24.0 Å². The van der Waals surface area contributed by atoms with Crippen LogP contribution in [0.2, 0.25) is 0 Å². The Bertz CT molecular complexity index is 1910. The van der Waals surface area contributed by atoms with Gasteiger partial charge in [-0.05, 0) is 48.3 Å². The summed E-state index contributed by atoms with van der Waals surface area (Å²) in [4.78, 5) is 62.3. The quantitative estimate of drug-likeness (QED) is 0.0369. The molecule has 8 N–H and O–H groups in total. The van der Waals surface area contributed by atoms with Gasteiger partial charge in [0.15, 0.2) is 5.78 Å². The smallest absolute Gasteiger partial charge is 0.407 e. The standard InChI is InChI=1S/C53H93N9O18/c1-42(2)49(59-48(64)39-57-68)47(63)37-44(7-6-13-55-51(54)66)50(65)58-45-10-8-43(9-11-45)41-80-52(67)56-38-46-40-62(61-60-46)14-16-70-18-20-72-22-24-74-26-28-76-30-32-78-34-36-79-35-33-77-31-29-75-27-25-73-23-21-71-19-17-69-15-12-53(3,4)5/h8-11,40,42,44,49,57,68H,6-7,12-39,41H2,1-5H3,(H,56,67)(H,58,65)(H,59,64)(H3,54,55,66)/t44-,49+/m1/s1. The topological polar surface area (TPSA) is 333 Å². The molecule has 80 heavy (non-hydrogen) atoms. The number of nitrogens with zero attached hydrogens (tertiary/aromatic N) is 3. The minimum Gasteiger partial charge on any atom is -0.445 e. The average molecular weight is 1140 g/mol. The van der Waals surface area contributed by atoms with E-state index >= 15 is 0 Å². The predicted octanol–water partition coefficient (Wildman–Crippen LogP) is 2.41. The Morgan fingerprint density at radius 1 is 0.650 bits per heavy atom. The molecule has 0 fully saturated rings. The Morgan fingerprint density at radius 2 is 1.11 bits per heavy atom. The van der Waals surface area contributed by atoms with Crippen LogP contribution in [0.3, 0.4) is 0 Å². The van der Waals surface area contributed by atoms with Crippen molar-refractivity contribution in [1.82, 2.24) is 36.4 Å². The number of ketones is 1. The summed E-state index contributed by atoms with van der Waals surface area (Å²) in [5.41, 5.74) is 8.81. The Morgan fingerprint density at radius 3 is 1.55 bits per heavy atom. The number of rotatable bonds is 52. The van der Waals surface area contributed by atoms with Gasteiger partial charge in [0, 0.05) is 31.2 Å². The summed E-state index contributed by atoms with van der Waals surface area (Å²) in [6, 6.07) is 5.03. The lowest BCUT2D eigenvalue weighted by atomic mass is 9.89. The Kier molecular flexibility index (Phi) is 41.4. The van der Waals surface area contributed by atoms with Crippen molar-refractivity contribution in [2.24, 2.45) is 23.0 Å². The number of carbonyl (C=O) groups excluding carboxylic acids is 5. The molecule has 0 unspecified atom stereocenters. The minimum atomic E-state index is -0.885. The summed E-state index contributed by atoms with van der Waals surface area (Å²) >= 11 is 0. The van der Waals surface area contributed by atoms with E-state index < -0.39 is 42.4 Å². The maximum Gasteiger partial charge on any atom is 0.407 e. The Hall–Kier alpha value is -5.01. The normalized spacial score (nSPS) is 12.3. The lowest BCUT2D eigenvalue weighted by Gasteiger charge is -2.24. The number of urea groups is 1. The maximum absolute atomic E-state index is 13.4. The number of anilines is 1. The molecule has 0 aliphatic carbocycles. The molecule has 0 radical (unpaired) electrons. The van der Waals surface area contributed by atoms with Gasteiger partial charge in [-0.25, -0.2) is 14.3 Å². The second kappa shape index (κ2) is 46.6. The average Bonchev–Trinajstić information content (AvgIpc) is 3.89. The molecule has 0 aliphatic heterocycles. The van der Waals surface area contributed by atoms with Gasteiger partial charge >= 0.3 is 12.1 Å². The monoisotopic (exact) mass is 1140 g/mol. The number of Topliss-reactive ketones (excluding diaryl/α,β-unsaturated/α-hetero) is 1. The highest BCUT2D eigenvalue weighted by molar-refractivity contribution is 5.97. The van der Waals surface area contributed by atoms with E-state index in [1.165, 1.54) is 0 Å². The fourth-order valence-corrected chi connectivity index (χ4v) is 6.83. The minimum absolute atomic E-state index is 0.0497. The van der Waals surface area contributed by atoms with Crippen molar-refractivity contribution in [2.45, 2.75) is 86.0 Å². The number of carbonyl (C=O) groups is 5. The van der Waals surface area contributed by atoms with Crippen molar-refractivity contribution in [3.05, 3.63) is 41.7 Å². The molecule has 2 atom stereocenters. The van der Waals surface area contributed by atoms with Crippen LogP contribution in [0, 0.1) is 17.3 Å². The second-order valence-corrected chi connectivity index (χ2v) is 19.6. The number of nitrogens with one attached hydrogen (secondary N) is 5. The maximum atomic E-state index is 13.4. The molecule has 0 saturated carbocycles. The zero-order valence-corrected chi connectivity index (χ0v) is 47.8. The van der Waals surface area contributed by atoms with Crippen LogP contribution in [0.15, 0.2) is 30.5 Å². The summed E-state index contributed by atoms with van der Waals surface area (Å²) in [5.74, 6) is -2.45. The number of alkyl carbamates (subject to hydrolysis) is 1. The summed E-state index contributed by atoms with van der Waals surface area (Å²) in [6.07, 6.45) is 2.48. The van der Waals surface area contributed by atoms with Crippen molar-refractivity contribution >= 4 is 35.4 Å². The molecule has 0 aliphatic rings. The molecule has 2 aromatic rings. The molecule has 27 heteroatoms. The van der Waals surface area contributed by atoms with Gasteiger partial charge in [-0.2, -0.15) is 5.48 Å².